The number of imide groups is 1. The van der Waals surface area contributed by atoms with Gasteiger partial charge in [-0.3, -0.25) is 4.79 Å². The number of carbonyl (C=O) groups is 2. The normalized spacial score (nSPS) is 16.6. The second kappa shape index (κ2) is 16.5. The van der Waals surface area contributed by atoms with Crippen molar-refractivity contribution < 1.29 is 38.1 Å². The van der Waals surface area contributed by atoms with Crippen LogP contribution < -0.4 is 0 Å². The summed E-state index contributed by atoms with van der Waals surface area (Å²) < 4.78 is 29.0. The zero-order chi connectivity index (χ0) is 33.2. The number of hydrogen-bond acceptors (Lipinski definition) is 8. The van der Waals surface area contributed by atoms with Crippen molar-refractivity contribution in [1.29, 1.82) is 0 Å². The zero-order valence-electron chi connectivity index (χ0n) is 27.2. The van der Waals surface area contributed by atoms with Crippen molar-refractivity contribution in [2.75, 3.05) is 26.9 Å². The molecule has 1 aliphatic heterocycles. The van der Waals surface area contributed by atoms with Gasteiger partial charge in [0.05, 0.1) is 19.3 Å². The van der Waals surface area contributed by atoms with Crippen molar-refractivity contribution in [3.63, 3.8) is 0 Å². The Kier molecular flexibility index (Phi) is 12.0. The summed E-state index contributed by atoms with van der Waals surface area (Å²) in [6, 6.07) is 28.3. The number of methoxy groups -OCH3 is 1. The fraction of sp³-hybridized carbons (Fsp3) is 0.368. The summed E-state index contributed by atoms with van der Waals surface area (Å²) in [4.78, 5) is 27.4. The van der Waals surface area contributed by atoms with Crippen LogP contribution in [0, 0.1) is 6.92 Å². The lowest BCUT2D eigenvalue weighted by Crippen LogP contribution is -2.44. The molecule has 4 atom stereocenters. The van der Waals surface area contributed by atoms with E-state index in [2.05, 4.69) is 6.92 Å². The topological polar surface area (TPSA) is 108 Å². The van der Waals surface area contributed by atoms with Crippen molar-refractivity contribution in [1.82, 2.24) is 4.90 Å². The number of rotatable bonds is 16. The number of amides is 2. The molecular weight excluding hydrogens is 598 g/mol. The highest BCUT2D eigenvalue weighted by Crippen LogP contribution is 2.35. The van der Waals surface area contributed by atoms with E-state index in [0.29, 0.717) is 38.4 Å². The van der Waals surface area contributed by atoms with Gasteiger partial charge in [-0.1, -0.05) is 97.4 Å². The number of hydrogen-bond donors (Lipinski definition) is 1. The molecule has 1 aromatic heterocycles. The summed E-state index contributed by atoms with van der Waals surface area (Å²) in [5.41, 5.74) is 4.68. The number of carbonyl (C=O) groups excluding carboxylic acids is 2. The SMILES string of the molecule is CC[C@@H](COCCCc1oc([C@@H](O)[C@H](OC)C(=O)N2C(=O)OC[C@@H]2c2ccccc2)cc1-c1cccc(C)c1)OCc1ccccc1. The van der Waals surface area contributed by atoms with Crippen LogP contribution in [0.25, 0.3) is 11.1 Å². The molecule has 0 unspecified atom stereocenters. The summed E-state index contributed by atoms with van der Waals surface area (Å²) in [6.07, 6.45) is -1.63. The van der Waals surface area contributed by atoms with E-state index in [1.165, 1.54) is 7.11 Å². The Bertz CT molecular complexity index is 1590. The minimum atomic E-state index is -1.47. The van der Waals surface area contributed by atoms with E-state index in [1.54, 1.807) is 6.07 Å². The van der Waals surface area contributed by atoms with Crippen LogP contribution in [-0.4, -0.2) is 61.1 Å². The number of cyclic esters (lactones) is 1. The second-order valence-corrected chi connectivity index (χ2v) is 11.7. The third-order valence-electron chi connectivity index (χ3n) is 8.31. The van der Waals surface area contributed by atoms with Crippen LogP contribution in [0.2, 0.25) is 0 Å². The third-order valence-corrected chi connectivity index (χ3v) is 8.31. The molecule has 3 aromatic carbocycles. The van der Waals surface area contributed by atoms with Gasteiger partial charge in [0.25, 0.3) is 5.91 Å². The van der Waals surface area contributed by atoms with Crippen molar-refractivity contribution in [2.45, 2.75) is 64.1 Å². The molecule has 1 aliphatic rings. The Balaban J connectivity index is 1.27. The Morgan fingerprint density at radius 1 is 1.02 bits per heavy atom. The highest BCUT2D eigenvalue weighted by molar-refractivity contribution is 5.96. The zero-order valence-corrected chi connectivity index (χ0v) is 27.2. The number of nitrogens with zero attached hydrogens (tertiary/aromatic N) is 1. The highest BCUT2D eigenvalue weighted by atomic mass is 16.6. The first-order chi connectivity index (χ1) is 22.9. The van der Waals surface area contributed by atoms with E-state index in [-0.39, 0.29) is 18.5 Å². The van der Waals surface area contributed by atoms with E-state index in [0.717, 1.165) is 39.1 Å². The van der Waals surface area contributed by atoms with Crippen molar-refractivity contribution >= 4 is 12.0 Å². The van der Waals surface area contributed by atoms with Gasteiger partial charge in [-0.2, -0.15) is 0 Å². The first-order valence-electron chi connectivity index (χ1n) is 16.1. The van der Waals surface area contributed by atoms with Crippen LogP contribution in [-0.2, 0) is 36.8 Å². The number of aryl methyl sites for hydroxylation is 2. The predicted octanol–water partition coefficient (Wildman–Crippen LogP) is 6.97. The number of aliphatic hydroxyl groups excluding tert-OH is 1. The molecule has 1 N–H and O–H groups in total. The van der Waals surface area contributed by atoms with Gasteiger partial charge in [-0.05, 0) is 42.5 Å². The fourth-order valence-electron chi connectivity index (χ4n) is 5.70. The molecule has 9 nitrogen and oxygen atoms in total. The summed E-state index contributed by atoms with van der Waals surface area (Å²) in [5, 5.41) is 11.5. The minimum Gasteiger partial charge on any atom is -0.463 e. The number of furan rings is 1. The molecule has 0 spiro atoms. The fourth-order valence-corrected chi connectivity index (χ4v) is 5.70. The first kappa shape index (κ1) is 34.1. The van der Waals surface area contributed by atoms with Gasteiger partial charge in [0.15, 0.2) is 6.10 Å². The van der Waals surface area contributed by atoms with Crippen LogP contribution in [0.1, 0.15) is 60.1 Å². The molecule has 5 rings (SSSR count). The third kappa shape index (κ3) is 8.55. The van der Waals surface area contributed by atoms with Crippen LogP contribution in [0.3, 0.4) is 0 Å². The number of benzene rings is 3. The Labute approximate surface area is 276 Å². The minimum absolute atomic E-state index is 0.0127. The molecule has 2 amide bonds. The molecule has 0 bridgehead atoms. The Morgan fingerprint density at radius 2 is 1.77 bits per heavy atom. The molecule has 9 heteroatoms. The van der Waals surface area contributed by atoms with Crippen molar-refractivity contribution in [3.05, 3.63) is 119 Å². The summed E-state index contributed by atoms with van der Waals surface area (Å²) >= 11 is 0. The Morgan fingerprint density at radius 3 is 2.47 bits per heavy atom. The van der Waals surface area contributed by atoms with Gasteiger partial charge in [0, 0.05) is 25.7 Å². The highest BCUT2D eigenvalue weighted by Gasteiger charge is 2.44. The molecule has 248 valence electrons. The predicted molar refractivity (Wildman–Crippen MR) is 176 cm³/mol. The lowest BCUT2D eigenvalue weighted by Gasteiger charge is -2.26. The standard InChI is InChI=1S/C38H43NO8/c1-4-30(45-23-27-14-7-5-8-15-27)24-44-20-12-19-33-31(29-18-11-13-26(2)21-29)22-34(47-33)35(40)36(43-3)37(41)39-32(25-46-38(39)42)28-16-9-6-10-17-28/h5-11,13-18,21-22,30,32,35-36,40H,4,12,19-20,23-25H2,1-3H3/t30-,32+,35+,36-/m0/s1. The lowest BCUT2D eigenvalue weighted by atomic mass is 10.0. The quantitative estimate of drug-likeness (QED) is 0.131. The molecule has 0 radical (unpaired) electrons. The molecule has 1 fully saturated rings. The van der Waals surface area contributed by atoms with Gasteiger partial charge >= 0.3 is 6.09 Å². The molecule has 0 aliphatic carbocycles. The number of aliphatic hydroxyl groups is 1. The summed E-state index contributed by atoms with van der Waals surface area (Å²) in [7, 11) is 1.32. The van der Waals surface area contributed by atoms with Gasteiger partial charge in [0.2, 0.25) is 0 Å². The van der Waals surface area contributed by atoms with Crippen LogP contribution in [0.5, 0.6) is 0 Å². The molecule has 0 saturated carbocycles. The smallest absolute Gasteiger partial charge is 0.417 e. The molecule has 1 saturated heterocycles. The summed E-state index contributed by atoms with van der Waals surface area (Å²) in [6.45, 7) is 5.62. The lowest BCUT2D eigenvalue weighted by molar-refractivity contribution is -0.148. The monoisotopic (exact) mass is 641 g/mol. The van der Waals surface area contributed by atoms with E-state index in [4.69, 9.17) is 23.4 Å². The van der Waals surface area contributed by atoms with Crippen molar-refractivity contribution in [3.8, 4) is 11.1 Å². The average molecular weight is 642 g/mol. The van der Waals surface area contributed by atoms with E-state index in [1.807, 2.05) is 91.9 Å². The van der Waals surface area contributed by atoms with Gasteiger partial charge in [-0.25, -0.2) is 9.69 Å². The van der Waals surface area contributed by atoms with E-state index in [9.17, 15) is 14.7 Å². The molecule has 2 heterocycles. The van der Waals surface area contributed by atoms with Crippen LogP contribution in [0.15, 0.2) is 95.4 Å². The van der Waals surface area contributed by atoms with Crippen LogP contribution >= 0.6 is 0 Å². The second-order valence-electron chi connectivity index (χ2n) is 11.7. The average Bonchev–Trinajstić information content (AvgIpc) is 3.71. The first-order valence-corrected chi connectivity index (χ1v) is 16.1. The maximum atomic E-state index is 13.7. The van der Waals surface area contributed by atoms with Gasteiger partial charge < -0.3 is 28.5 Å². The van der Waals surface area contributed by atoms with E-state index < -0.39 is 30.3 Å². The molecular formula is C38H43NO8. The maximum absolute atomic E-state index is 13.7. The molecule has 4 aromatic rings. The van der Waals surface area contributed by atoms with Gasteiger partial charge in [-0.15, -0.1) is 0 Å². The Hall–Kier alpha value is -4.28. The summed E-state index contributed by atoms with van der Waals surface area (Å²) in [5.74, 6) is 0.118. The van der Waals surface area contributed by atoms with Crippen LogP contribution in [0.4, 0.5) is 4.79 Å². The van der Waals surface area contributed by atoms with E-state index >= 15 is 0 Å². The van der Waals surface area contributed by atoms with Crippen molar-refractivity contribution in [2.24, 2.45) is 0 Å². The van der Waals surface area contributed by atoms with Gasteiger partial charge in [0.1, 0.15) is 30.3 Å². The maximum Gasteiger partial charge on any atom is 0.417 e. The largest absolute Gasteiger partial charge is 0.463 e. The molecule has 47 heavy (non-hydrogen) atoms. The number of ether oxygens (including phenoxy) is 4.